The summed E-state index contributed by atoms with van der Waals surface area (Å²) in [5.41, 5.74) is 0.126. The highest BCUT2D eigenvalue weighted by molar-refractivity contribution is 5.76. The molecule has 11 heteroatoms. The van der Waals surface area contributed by atoms with Crippen LogP contribution in [0.2, 0.25) is 0 Å². The summed E-state index contributed by atoms with van der Waals surface area (Å²) in [5.74, 6) is -0.451. The van der Waals surface area contributed by atoms with Crippen LogP contribution in [-0.2, 0) is 15.7 Å². The second-order valence-corrected chi connectivity index (χ2v) is 7.26. The zero-order valence-electron chi connectivity index (χ0n) is 16.7. The van der Waals surface area contributed by atoms with E-state index in [1.54, 1.807) is 13.0 Å². The van der Waals surface area contributed by atoms with Gasteiger partial charge in [-0.1, -0.05) is 0 Å². The summed E-state index contributed by atoms with van der Waals surface area (Å²) in [6, 6.07) is 3.98. The van der Waals surface area contributed by atoms with Crippen molar-refractivity contribution >= 4 is 11.8 Å². The molecule has 4 N–H and O–H groups in total. The van der Waals surface area contributed by atoms with E-state index in [4.69, 9.17) is 9.84 Å². The number of ether oxygens (including phenoxy) is 1. The second kappa shape index (κ2) is 9.48. The van der Waals surface area contributed by atoms with Crippen molar-refractivity contribution < 1.29 is 32.9 Å². The van der Waals surface area contributed by atoms with E-state index in [2.05, 4.69) is 20.8 Å². The topological polar surface area (TPSA) is 117 Å². The van der Waals surface area contributed by atoms with E-state index in [0.29, 0.717) is 36.8 Å². The quantitative estimate of drug-likeness (QED) is 0.506. The number of nitrogens with one attached hydrogen (secondary N) is 2. The Labute approximate surface area is 176 Å². The number of carbonyl (C=O) groups excluding carboxylic acids is 1. The van der Waals surface area contributed by atoms with E-state index in [1.165, 1.54) is 6.07 Å². The zero-order chi connectivity index (χ0) is 22.6. The first kappa shape index (κ1) is 22.8. The first-order valence-corrected chi connectivity index (χ1v) is 9.71. The predicted molar refractivity (Wildman–Crippen MR) is 105 cm³/mol. The third-order valence-corrected chi connectivity index (χ3v) is 4.95. The number of piperidine rings is 1. The number of aryl methyl sites for hydroxylation is 1. The minimum Gasteiger partial charge on any atom is -0.507 e. The Hall–Kier alpha value is -2.92. The summed E-state index contributed by atoms with van der Waals surface area (Å²) in [6.45, 7) is 1.95. The molecule has 1 saturated heterocycles. The van der Waals surface area contributed by atoms with Gasteiger partial charge < -0.3 is 25.6 Å². The number of hydrogen-bond acceptors (Lipinski definition) is 8. The van der Waals surface area contributed by atoms with Crippen LogP contribution in [0.5, 0.6) is 5.75 Å². The lowest BCUT2D eigenvalue weighted by atomic mass is 10.0. The first-order valence-electron chi connectivity index (χ1n) is 9.71. The normalized spacial score (nSPS) is 19.1. The molecular formula is C20H23F3N4O4. The molecule has 8 nitrogen and oxygen atoms in total. The Morgan fingerprint density at radius 3 is 2.65 bits per heavy atom. The molecule has 0 aliphatic carbocycles. The number of aliphatic hydroxyl groups excluding tert-OH is 1. The van der Waals surface area contributed by atoms with E-state index >= 15 is 0 Å². The number of esters is 1. The molecule has 1 aromatic carbocycles. The van der Waals surface area contributed by atoms with Gasteiger partial charge in [0.05, 0.1) is 17.9 Å². The Morgan fingerprint density at radius 1 is 1.29 bits per heavy atom. The number of aromatic nitrogens is 2. The number of hydrogen-bond donors (Lipinski definition) is 4. The van der Waals surface area contributed by atoms with Crippen molar-refractivity contribution in [3.8, 4) is 17.0 Å². The number of carbonyl (C=O) groups is 1. The highest BCUT2D eigenvalue weighted by Gasteiger charge is 2.31. The maximum atomic E-state index is 12.8. The molecule has 31 heavy (non-hydrogen) atoms. The molecular weight excluding hydrogens is 417 g/mol. The fourth-order valence-corrected chi connectivity index (χ4v) is 3.37. The summed E-state index contributed by atoms with van der Waals surface area (Å²) < 4.78 is 43.3. The van der Waals surface area contributed by atoms with E-state index in [1.807, 2.05) is 0 Å². The van der Waals surface area contributed by atoms with E-state index < -0.39 is 29.5 Å². The molecule has 2 atom stereocenters. The molecule has 0 radical (unpaired) electrons. The fraction of sp³-hybridized carbons (Fsp3) is 0.450. The van der Waals surface area contributed by atoms with Gasteiger partial charge in [0, 0.05) is 18.2 Å². The van der Waals surface area contributed by atoms with Crippen molar-refractivity contribution in [1.29, 1.82) is 0 Å². The van der Waals surface area contributed by atoms with Gasteiger partial charge in [-0.3, -0.25) is 4.79 Å². The van der Waals surface area contributed by atoms with Gasteiger partial charge in [-0.2, -0.15) is 13.2 Å². The minimum absolute atomic E-state index is 0.0130. The van der Waals surface area contributed by atoms with Gasteiger partial charge in [-0.25, -0.2) is 0 Å². The highest BCUT2D eigenvalue weighted by atomic mass is 19.4. The molecule has 0 unspecified atom stereocenters. The van der Waals surface area contributed by atoms with Gasteiger partial charge in [-0.05, 0) is 49.6 Å². The third-order valence-electron chi connectivity index (χ3n) is 4.95. The lowest BCUT2D eigenvalue weighted by molar-refractivity contribution is -0.147. The van der Waals surface area contributed by atoms with Crippen LogP contribution in [0, 0.1) is 6.92 Å². The average Bonchev–Trinajstić information content (AvgIpc) is 2.72. The van der Waals surface area contributed by atoms with E-state index in [0.717, 1.165) is 6.07 Å². The molecule has 1 fully saturated rings. The van der Waals surface area contributed by atoms with Crippen LogP contribution in [0.15, 0.2) is 24.3 Å². The Morgan fingerprint density at radius 2 is 2.06 bits per heavy atom. The lowest BCUT2D eigenvalue weighted by Crippen LogP contribution is -2.49. The van der Waals surface area contributed by atoms with Gasteiger partial charge in [0.25, 0.3) is 0 Å². The molecule has 2 heterocycles. The number of phenolic OH excluding ortho intramolecular Hbond substituents is 1. The summed E-state index contributed by atoms with van der Waals surface area (Å²) in [7, 11) is 0. The van der Waals surface area contributed by atoms with Crippen molar-refractivity contribution in [3.63, 3.8) is 0 Å². The number of anilines is 1. The molecule has 168 valence electrons. The fourth-order valence-electron chi connectivity index (χ4n) is 3.37. The third kappa shape index (κ3) is 5.61. The molecule has 0 saturated carbocycles. The molecule has 0 spiro atoms. The molecule has 3 rings (SSSR count). The summed E-state index contributed by atoms with van der Waals surface area (Å²) in [4.78, 5) is 11.8. The van der Waals surface area contributed by atoms with Crippen LogP contribution in [0.3, 0.4) is 0 Å². The van der Waals surface area contributed by atoms with Crippen LogP contribution in [-0.4, -0.2) is 58.2 Å². The molecule has 1 aromatic heterocycles. The molecule has 0 bridgehead atoms. The van der Waals surface area contributed by atoms with Gasteiger partial charge in [0.15, 0.2) is 0 Å². The molecule has 0 amide bonds. The van der Waals surface area contributed by atoms with Crippen molar-refractivity contribution in [2.75, 3.05) is 25.1 Å². The Balaban J connectivity index is 1.64. The minimum atomic E-state index is -4.55. The maximum Gasteiger partial charge on any atom is 0.416 e. The number of halogens is 3. The smallest absolute Gasteiger partial charge is 0.416 e. The Bertz CT molecular complexity index is 931. The lowest BCUT2D eigenvalue weighted by Gasteiger charge is -2.29. The highest BCUT2D eigenvalue weighted by Crippen LogP contribution is 2.36. The maximum absolute atomic E-state index is 12.8. The number of aromatic hydroxyl groups is 1. The van der Waals surface area contributed by atoms with Gasteiger partial charge >= 0.3 is 12.1 Å². The molecule has 2 aromatic rings. The van der Waals surface area contributed by atoms with Crippen molar-refractivity contribution in [3.05, 3.63) is 35.4 Å². The number of phenols is 1. The SMILES string of the molecule is Cc1cc(N[C@@H]2CC[C@@H](C(=O)OCCO)NC2)nnc1-c1ccc(C(F)(F)F)cc1O. The predicted octanol–water partition coefficient (Wildman–Crippen LogP) is 2.24. The monoisotopic (exact) mass is 440 g/mol. The van der Waals surface area contributed by atoms with Crippen molar-refractivity contribution in [1.82, 2.24) is 15.5 Å². The second-order valence-electron chi connectivity index (χ2n) is 7.26. The number of benzene rings is 1. The number of aliphatic hydroxyl groups is 1. The van der Waals surface area contributed by atoms with Gasteiger partial charge in [0.1, 0.15) is 24.2 Å². The van der Waals surface area contributed by atoms with Crippen LogP contribution in [0.1, 0.15) is 24.0 Å². The van der Waals surface area contributed by atoms with Crippen molar-refractivity contribution in [2.24, 2.45) is 0 Å². The van der Waals surface area contributed by atoms with E-state index in [-0.39, 0.29) is 30.5 Å². The van der Waals surface area contributed by atoms with Crippen LogP contribution in [0.25, 0.3) is 11.3 Å². The van der Waals surface area contributed by atoms with E-state index in [9.17, 15) is 23.1 Å². The van der Waals surface area contributed by atoms with Gasteiger partial charge in [0.2, 0.25) is 0 Å². The Kier molecular flexibility index (Phi) is 6.96. The van der Waals surface area contributed by atoms with Crippen LogP contribution < -0.4 is 10.6 Å². The summed E-state index contributed by atoms with van der Waals surface area (Å²) in [5, 5.41) is 33.2. The van der Waals surface area contributed by atoms with Crippen LogP contribution >= 0.6 is 0 Å². The number of alkyl halides is 3. The average molecular weight is 440 g/mol. The number of nitrogens with zero attached hydrogens (tertiary/aromatic N) is 2. The summed E-state index contributed by atoms with van der Waals surface area (Å²) >= 11 is 0. The van der Waals surface area contributed by atoms with Crippen molar-refractivity contribution in [2.45, 2.75) is 38.0 Å². The first-order chi connectivity index (χ1) is 14.7. The molecule has 1 aliphatic heterocycles. The van der Waals surface area contributed by atoms with Crippen LogP contribution in [0.4, 0.5) is 19.0 Å². The summed E-state index contributed by atoms with van der Waals surface area (Å²) in [6.07, 6.45) is -3.33. The zero-order valence-corrected chi connectivity index (χ0v) is 16.7. The molecule has 1 aliphatic rings. The standard InChI is InChI=1S/C20H23F3N4O4/c1-11-8-17(25-13-3-5-15(24-10-13)19(30)31-7-6-28)26-27-18(11)14-4-2-12(9-16(14)29)20(21,22)23/h2,4,8-9,13,15,24,28-29H,3,5-7,10H2,1H3,(H,25,26)/t13-,15+/m1/s1. The largest absolute Gasteiger partial charge is 0.507 e. The number of rotatable bonds is 6. The van der Waals surface area contributed by atoms with Gasteiger partial charge in [-0.15, -0.1) is 10.2 Å².